The molecular weight excluding hydrogens is 297 g/mol. The molecule has 0 aliphatic heterocycles. The minimum atomic E-state index is -5.46. The molecule has 1 aromatic carbocycles. The van der Waals surface area contributed by atoms with Crippen LogP contribution in [0.4, 0.5) is 18.9 Å². The molecule has 1 N–H and O–H groups in total. The van der Waals surface area contributed by atoms with Crippen molar-refractivity contribution >= 4 is 21.4 Å². The summed E-state index contributed by atoms with van der Waals surface area (Å²) in [6.07, 6.45) is 0. The quantitative estimate of drug-likeness (QED) is 0.915. The van der Waals surface area contributed by atoms with E-state index in [1.165, 1.54) is 37.2 Å². The number of hydrogen-bond donors (Lipinski definition) is 1. The molecule has 1 aromatic rings. The number of amides is 1. The van der Waals surface area contributed by atoms with E-state index < -0.39 is 26.1 Å². The number of carbonyl (C=O) groups excluding carboxylic acids is 1. The molecule has 5 nitrogen and oxygen atoms in total. The number of benzene rings is 1. The minimum Gasteiger partial charge on any atom is -0.375 e. The lowest BCUT2D eigenvalue weighted by Crippen LogP contribution is -2.29. The maximum atomic E-state index is 12.5. The summed E-state index contributed by atoms with van der Waals surface area (Å²) in [6.45, 7) is -0.308. The number of likely N-dealkylation sites (N-methyl/N-ethyl adjacent to an activating group) is 1. The van der Waals surface area contributed by atoms with Gasteiger partial charge in [0.15, 0.2) is 0 Å². The van der Waals surface area contributed by atoms with Crippen LogP contribution < -0.4 is 5.32 Å². The Morgan fingerprint density at radius 3 is 2.30 bits per heavy atom. The fourth-order valence-corrected chi connectivity index (χ4v) is 2.24. The molecule has 0 spiro atoms. The van der Waals surface area contributed by atoms with Gasteiger partial charge in [-0.25, -0.2) is 8.42 Å². The van der Waals surface area contributed by atoms with Crippen molar-refractivity contribution in [2.45, 2.75) is 10.4 Å². The van der Waals surface area contributed by atoms with E-state index in [9.17, 15) is 26.4 Å². The van der Waals surface area contributed by atoms with Crippen LogP contribution >= 0.6 is 0 Å². The summed E-state index contributed by atoms with van der Waals surface area (Å²) in [5.41, 5.74) is -5.66. The van der Waals surface area contributed by atoms with E-state index in [2.05, 4.69) is 5.32 Å². The highest BCUT2D eigenvalue weighted by atomic mass is 32.2. The summed E-state index contributed by atoms with van der Waals surface area (Å²) >= 11 is 0. The van der Waals surface area contributed by atoms with Crippen molar-refractivity contribution in [2.75, 3.05) is 26.0 Å². The summed E-state index contributed by atoms with van der Waals surface area (Å²) in [4.78, 5) is 11.7. The summed E-state index contributed by atoms with van der Waals surface area (Å²) < 4.78 is 60.4. The molecule has 0 bridgehead atoms. The normalized spacial score (nSPS) is 12.1. The maximum Gasteiger partial charge on any atom is 0.501 e. The maximum absolute atomic E-state index is 12.5. The molecule has 0 aliphatic rings. The molecule has 0 saturated heterocycles. The lowest BCUT2D eigenvalue weighted by Gasteiger charge is -2.15. The van der Waals surface area contributed by atoms with Crippen LogP contribution in [0, 0.1) is 0 Å². The second-order valence-electron chi connectivity index (χ2n) is 4.09. The number of halogens is 3. The average Bonchev–Trinajstić information content (AvgIpc) is 2.34. The molecule has 0 fully saturated rings. The van der Waals surface area contributed by atoms with Crippen molar-refractivity contribution in [3.05, 3.63) is 24.3 Å². The number of para-hydroxylation sites is 1. The molecule has 0 unspecified atom stereocenters. The molecule has 0 saturated carbocycles. The van der Waals surface area contributed by atoms with Gasteiger partial charge in [0, 0.05) is 14.1 Å². The Bertz CT molecular complexity index is 597. The highest BCUT2D eigenvalue weighted by Gasteiger charge is 2.47. The van der Waals surface area contributed by atoms with Gasteiger partial charge in [0.2, 0.25) is 5.91 Å². The minimum absolute atomic E-state index is 0.264. The van der Waals surface area contributed by atoms with Crippen LogP contribution in [0.2, 0.25) is 0 Å². The zero-order chi connectivity index (χ0) is 15.6. The predicted octanol–water partition coefficient (Wildman–Crippen LogP) is 1.48. The second-order valence-corrected chi connectivity index (χ2v) is 6.00. The van der Waals surface area contributed by atoms with E-state index >= 15 is 0 Å². The number of hydrogen-bond acceptors (Lipinski definition) is 4. The monoisotopic (exact) mass is 310 g/mol. The first kappa shape index (κ1) is 16.3. The number of alkyl halides is 3. The lowest BCUT2D eigenvalue weighted by atomic mass is 10.3. The number of nitrogens with one attached hydrogen (secondary N) is 1. The number of carbonyl (C=O) groups is 1. The molecule has 1 rings (SSSR count). The molecule has 0 radical (unpaired) electrons. The van der Waals surface area contributed by atoms with Gasteiger partial charge >= 0.3 is 5.51 Å². The van der Waals surface area contributed by atoms with Gasteiger partial charge in [-0.1, -0.05) is 12.1 Å². The second kappa shape index (κ2) is 5.70. The van der Waals surface area contributed by atoms with Crippen LogP contribution in [0.5, 0.6) is 0 Å². The van der Waals surface area contributed by atoms with Crippen molar-refractivity contribution in [1.29, 1.82) is 0 Å². The van der Waals surface area contributed by atoms with Gasteiger partial charge < -0.3 is 10.2 Å². The van der Waals surface area contributed by atoms with Crippen molar-refractivity contribution < 1.29 is 26.4 Å². The van der Waals surface area contributed by atoms with E-state index in [0.717, 1.165) is 6.07 Å². The van der Waals surface area contributed by atoms with E-state index in [1.807, 2.05) is 0 Å². The van der Waals surface area contributed by atoms with Crippen molar-refractivity contribution in [3.63, 3.8) is 0 Å². The fraction of sp³-hybridized carbons (Fsp3) is 0.364. The van der Waals surface area contributed by atoms with Crippen molar-refractivity contribution in [2.24, 2.45) is 0 Å². The molecule has 9 heteroatoms. The Morgan fingerprint density at radius 2 is 1.80 bits per heavy atom. The van der Waals surface area contributed by atoms with E-state index in [0.29, 0.717) is 0 Å². The molecule has 0 atom stereocenters. The average molecular weight is 310 g/mol. The largest absolute Gasteiger partial charge is 0.501 e. The molecule has 1 amide bonds. The highest BCUT2D eigenvalue weighted by Crippen LogP contribution is 2.34. The standard InChI is InChI=1S/C11H13F3N2O3S/c1-16(2)10(17)7-15-8-5-3-4-6-9(8)20(18,19)11(12,13)14/h3-6,15H,7H2,1-2H3. The smallest absolute Gasteiger partial charge is 0.375 e. The Morgan fingerprint density at radius 1 is 1.25 bits per heavy atom. The van der Waals surface area contributed by atoms with Gasteiger partial charge in [-0.3, -0.25) is 4.79 Å². The van der Waals surface area contributed by atoms with Crippen LogP contribution in [0.25, 0.3) is 0 Å². The lowest BCUT2D eigenvalue weighted by molar-refractivity contribution is -0.126. The van der Waals surface area contributed by atoms with Crippen LogP contribution in [0.1, 0.15) is 0 Å². The first-order valence-electron chi connectivity index (χ1n) is 5.42. The van der Waals surface area contributed by atoms with Crippen LogP contribution in [-0.4, -0.2) is 45.4 Å². The first-order valence-corrected chi connectivity index (χ1v) is 6.90. The van der Waals surface area contributed by atoms with Gasteiger partial charge in [0.1, 0.15) is 0 Å². The van der Waals surface area contributed by atoms with Crippen LogP contribution in [0.3, 0.4) is 0 Å². The number of anilines is 1. The SMILES string of the molecule is CN(C)C(=O)CNc1ccccc1S(=O)(=O)C(F)(F)F. The van der Waals surface area contributed by atoms with Gasteiger partial charge in [-0.2, -0.15) is 13.2 Å². The summed E-state index contributed by atoms with van der Waals surface area (Å²) in [5, 5.41) is 2.40. The van der Waals surface area contributed by atoms with Crippen LogP contribution in [0.15, 0.2) is 29.2 Å². The van der Waals surface area contributed by atoms with Gasteiger partial charge in [0.25, 0.3) is 9.84 Å². The third kappa shape index (κ3) is 3.41. The zero-order valence-electron chi connectivity index (χ0n) is 10.7. The van der Waals surface area contributed by atoms with E-state index in [4.69, 9.17) is 0 Å². The third-order valence-corrected chi connectivity index (χ3v) is 3.95. The topological polar surface area (TPSA) is 66.5 Å². The van der Waals surface area contributed by atoms with Crippen molar-refractivity contribution in [3.8, 4) is 0 Å². The molecule has 20 heavy (non-hydrogen) atoms. The molecule has 112 valence electrons. The highest BCUT2D eigenvalue weighted by molar-refractivity contribution is 7.92. The molecule has 0 aromatic heterocycles. The fourth-order valence-electron chi connectivity index (χ4n) is 1.30. The number of rotatable bonds is 4. The zero-order valence-corrected chi connectivity index (χ0v) is 11.5. The first-order chi connectivity index (χ1) is 9.07. The van der Waals surface area contributed by atoms with Gasteiger partial charge in [-0.15, -0.1) is 0 Å². The Labute approximate surface area is 114 Å². The Hall–Kier alpha value is -1.77. The molecular formula is C11H13F3N2O3S. The van der Waals surface area contributed by atoms with E-state index in [1.54, 1.807) is 0 Å². The summed E-state index contributed by atoms with van der Waals surface area (Å²) in [7, 11) is -2.51. The summed E-state index contributed by atoms with van der Waals surface area (Å²) in [6, 6.07) is 4.56. The van der Waals surface area contributed by atoms with E-state index in [-0.39, 0.29) is 12.2 Å². The number of nitrogens with zero attached hydrogens (tertiary/aromatic N) is 1. The predicted molar refractivity (Wildman–Crippen MR) is 66.9 cm³/mol. The molecule has 0 heterocycles. The molecule has 0 aliphatic carbocycles. The Balaban J connectivity index is 3.10. The summed E-state index contributed by atoms with van der Waals surface area (Å²) in [5.74, 6) is -0.399. The van der Waals surface area contributed by atoms with Crippen LogP contribution in [-0.2, 0) is 14.6 Å². The van der Waals surface area contributed by atoms with Gasteiger partial charge in [0.05, 0.1) is 17.1 Å². The third-order valence-electron chi connectivity index (χ3n) is 2.41. The number of sulfone groups is 1. The van der Waals surface area contributed by atoms with Crippen molar-refractivity contribution in [1.82, 2.24) is 4.90 Å². The Kier molecular flexibility index (Phi) is 4.64. The van der Waals surface area contributed by atoms with Gasteiger partial charge in [-0.05, 0) is 12.1 Å².